The van der Waals surface area contributed by atoms with Gasteiger partial charge in [-0.25, -0.2) is 8.42 Å². The molecule has 0 aromatic heterocycles. The lowest BCUT2D eigenvalue weighted by molar-refractivity contribution is -0.126. The number of hydrogen-bond donors (Lipinski definition) is 1. The monoisotopic (exact) mass is 493 g/mol. The van der Waals surface area contributed by atoms with Crippen LogP contribution in [0.25, 0.3) is 0 Å². The Labute approximate surface area is 204 Å². The number of nitrogens with one attached hydrogen (secondary N) is 1. The van der Waals surface area contributed by atoms with Gasteiger partial charge in [-0.15, -0.1) is 0 Å². The number of sulfonamides is 1. The van der Waals surface area contributed by atoms with Gasteiger partial charge in [0.25, 0.3) is 5.91 Å². The minimum absolute atomic E-state index is 0.0180. The highest BCUT2D eigenvalue weighted by molar-refractivity contribution is 7.89. The summed E-state index contributed by atoms with van der Waals surface area (Å²) in [7, 11) is -3.65. The molecular weight excluding hydrogens is 454 g/mol. The van der Waals surface area contributed by atoms with E-state index in [2.05, 4.69) is 12.2 Å². The molecule has 3 rings (SSSR count). The lowest BCUT2D eigenvalue weighted by Crippen LogP contribution is -2.48. The Balaban J connectivity index is 1.59. The number of piperidine rings is 1. The first kappa shape index (κ1) is 26.6. The first-order valence-electron chi connectivity index (χ1n) is 12.5. The molecule has 9 heteroatoms. The van der Waals surface area contributed by atoms with Gasteiger partial charge in [0.1, 0.15) is 0 Å². The van der Waals surface area contributed by atoms with Crippen molar-refractivity contribution in [3.05, 3.63) is 29.8 Å². The van der Waals surface area contributed by atoms with Crippen LogP contribution in [0.5, 0.6) is 0 Å². The Bertz CT molecular complexity index is 924. The minimum Gasteiger partial charge on any atom is -0.373 e. The van der Waals surface area contributed by atoms with E-state index < -0.39 is 10.0 Å². The smallest absolute Gasteiger partial charge is 0.253 e. The Hall–Kier alpha value is -1.97. The predicted octanol–water partition coefficient (Wildman–Crippen LogP) is 3.03. The quantitative estimate of drug-likeness (QED) is 0.534. The van der Waals surface area contributed by atoms with E-state index in [4.69, 9.17) is 4.74 Å². The molecule has 3 unspecified atom stereocenters. The van der Waals surface area contributed by atoms with E-state index in [1.165, 1.54) is 22.9 Å². The number of carbonyl (C=O) groups is 2. The number of likely N-dealkylation sites (tertiary alicyclic amines) is 1. The third-order valence-electron chi connectivity index (χ3n) is 6.53. The fourth-order valence-corrected chi connectivity index (χ4v) is 6.30. The number of hydrogen-bond acceptors (Lipinski definition) is 5. The highest BCUT2D eigenvalue weighted by Gasteiger charge is 2.33. The maximum absolute atomic E-state index is 13.1. The van der Waals surface area contributed by atoms with Gasteiger partial charge in [0.05, 0.1) is 23.0 Å². The van der Waals surface area contributed by atoms with Crippen molar-refractivity contribution < 1.29 is 22.7 Å². The molecule has 2 heterocycles. The van der Waals surface area contributed by atoms with Gasteiger partial charge in [-0.2, -0.15) is 4.31 Å². The molecule has 1 aromatic rings. The first-order valence-corrected chi connectivity index (χ1v) is 14.0. The summed E-state index contributed by atoms with van der Waals surface area (Å²) in [6.45, 7) is 8.17. The molecule has 0 spiro atoms. The number of ether oxygens (including phenoxy) is 1. The van der Waals surface area contributed by atoms with Crippen LogP contribution in [-0.4, -0.2) is 74.4 Å². The van der Waals surface area contributed by atoms with Crippen LogP contribution < -0.4 is 5.32 Å². The van der Waals surface area contributed by atoms with Crippen molar-refractivity contribution >= 4 is 21.8 Å². The average molecular weight is 494 g/mol. The zero-order valence-corrected chi connectivity index (χ0v) is 21.5. The lowest BCUT2D eigenvalue weighted by atomic mass is 9.96. The lowest BCUT2D eigenvalue weighted by Gasteiger charge is -2.34. The highest BCUT2D eigenvalue weighted by Crippen LogP contribution is 2.23. The SMILES string of the molecule is CCCCCCNC(=O)C1CCCN(C(=O)c2ccc(S(=O)(=O)N3CC(C)OC(C)C3)cc2)C1. The summed E-state index contributed by atoms with van der Waals surface area (Å²) in [6.07, 6.45) is 5.64. The number of nitrogens with zero attached hydrogens (tertiary/aromatic N) is 2. The Morgan fingerprint density at radius 3 is 2.35 bits per heavy atom. The fraction of sp³-hybridized carbons (Fsp3) is 0.680. The normalized spacial score (nSPS) is 24.1. The van der Waals surface area contributed by atoms with Crippen LogP contribution in [-0.2, 0) is 19.6 Å². The van der Waals surface area contributed by atoms with Crippen LogP contribution in [0.3, 0.4) is 0 Å². The molecule has 2 fully saturated rings. The van der Waals surface area contributed by atoms with Crippen molar-refractivity contribution in [3.63, 3.8) is 0 Å². The maximum atomic E-state index is 13.1. The van der Waals surface area contributed by atoms with Gasteiger partial charge in [0.15, 0.2) is 0 Å². The molecule has 1 N–H and O–H groups in total. The van der Waals surface area contributed by atoms with Gasteiger partial charge in [-0.3, -0.25) is 9.59 Å². The first-order chi connectivity index (χ1) is 16.2. The standard InChI is InChI=1S/C25H39N3O5S/c1-4-5-6-7-14-26-24(29)22-9-8-15-27(18-22)25(30)21-10-12-23(13-11-21)34(31,32)28-16-19(2)33-20(3)17-28/h10-13,19-20,22H,4-9,14-18H2,1-3H3,(H,26,29). The topological polar surface area (TPSA) is 96.0 Å². The van der Waals surface area contributed by atoms with Gasteiger partial charge in [-0.1, -0.05) is 26.2 Å². The van der Waals surface area contributed by atoms with Gasteiger partial charge in [0, 0.05) is 38.3 Å². The number of morpholine rings is 1. The van der Waals surface area contributed by atoms with Crippen LogP contribution in [0.2, 0.25) is 0 Å². The molecular formula is C25H39N3O5S. The molecule has 0 bridgehead atoms. The Morgan fingerprint density at radius 2 is 1.71 bits per heavy atom. The van der Waals surface area contributed by atoms with Crippen molar-refractivity contribution in [2.75, 3.05) is 32.7 Å². The predicted molar refractivity (Wildman–Crippen MR) is 131 cm³/mol. The largest absolute Gasteiger partial charge is 0.373 e. The van der Waals surface area contributed by atoms with E-state index in [1.54, 1.807) is 17.0 Å². The summed E-state index contributed by atoms with van der Waals surface area (Å²) in [4.78, 5) is 27.5. The molecule has 3 atom stereocenters. The third kappa shape index (κ3) is 6.79. The van der Waals surface area contributed by atoms with Crippen molar-refractivity contribution in [1.82, 2.24) is 14.5 Å². The van der Waals surface area contributed by atoms with Crippen LogP contribution in [0.15, 0.2) is 29.2 Å². The van der Waals surface area contributed by atoms with E-state index in [1.807, 2.05) is 13.8 Å². The van der Waals surface area contributed by atoms with Crippen molar-refractivity contribution in [2.24, 2.45) is 5.92 Å². The minimum atomic E-state index is -3.65. The summed E-state index contributed by atoms with van der Waals surface area (Å²) < 4.78 is 33.2. The zero-order valence-electron chi connectivity index (χ0n) is 20.7. The van der Waals surface area contributed by atoms with Crippen molar-refractivity contribution in [1.29, 1.82) is 0 Å². The summed E-state index contributed by atoms with van der Waals surface area (Å²) in [5.41, 5.74) is 0.434. The molecule has 2 aliphatic heterocycles. The zero-order chi connectivity index (χ0) is 24.7. The fourth-order valence-electron chi connectivity index (χ4n) is 4.71. The van der Waals surface area contributed by atoms with Crippen LogP contribution >= 0.6 is 0 Å². The second-order valence-corrected chi connectivity index (χ2v) is 11.5. The number of benzene rings is 1. The van der Waals surface area contributed by atoms with Gasteiger partial charge < -0.3 is 15.0 Å². The second kappa shape index (κ2) is 12.1. The Kier molecular flexibility index (Phi) is 9.50. The van der Waals surface area contributed by atoms with Crippen LogP contribution in [0, 0.1) is 5.92 Å². The second-order valence-electron chi connectivity index (χ2n) is 9.55. The number of amides is 2. The van der Waals surface area contributed by atoms with Gasteiger partial charge in [-0.05, 0) is 57.4 Å². The van der Waals surface area contributed by atoms with Gasteiger partial charge in [0.2, 0.25) is 15.9 Å². The van der Waals surface area contributed by atoms with E-state index >= 15 is 0 Å². The average Bonchev–Trinajstić information content (AvgIpc) is 2.83. The van der Waals surface area contributed by atoms with E-state index in [0.717, 1.165) is 32.1 Å². The molecule has 2 amide bonds. The highest BCUT2D eigenvalue weighted by atomic mass is 32.2. The number of rotatable bonds is 9. The van der Waals surface area contributed by atoms with E-state index in [0.29, 0.717) is 38.3 Å². The Morgan fingerprint density at radius 1 is 1.03 bits per heavy atom. The third-order valence-corrected chi connectivity index (χ3v) is 8.38. The molecule has 0 aliphatic carbocycles. The summed E-state index contributed by atoms with van der Waals surface area (Å²) in [6, 6.07) is 6.13. The van der Waals surface area contributed by atoms with Crippen LogP contribution in [0.1, 0.15) is 69.7 Å². The van der Waals surface area contributed by atoms with Gasteiger partial charge >= 0.3 is 0 Å². The number of carbonyl (C=O) groups excluding carboxylic acids is 2. The molecule has 8 nitrogen and oxygen atoms in total. The molecule has 190 valence electrons. The number of unbranched alkanes of at least 4 members (excludes halogenated alkanes) is 3. The molecule has 2 aliphatic rings. The van der Waals surface area contributed by atoms with E-state index in [9.17, 15) is 18.0 Å². The van der Waals surface area contributed by atoms with Crippen molar-refractivity contribution in [3.8, 4) is 0 Å². The summed E-state index contributed by atoms with van der Waals surface area (Å²) in [5, 5.41) is 3.01. The molecule has 2 saturated heterocycles. The van der Waals surface area contributed by atoms with E-state index in [-0.39, 0.29) is 34.8 Å². The summed E-state index contributed by atoms with van der Waals surface area (Å²) >= 11 is 0. The molecule has 0 radical (unpaired) electrons. The van der Waals surface area contributed by atoms with Crippen molar-refractivity contribution in [2.45, 2.75) is 76.4 Å². The summed E-state index contributed by atoms with van der Waals surface area (Å²) in [5.74, 6) is -0.351. The molecule has 34 heavy (non-hydrogen) atoms. The van der Waals surface area contributed by atoms with Crippen LogP contribution in [0.4, 0.5) is 0 Å². The molecule has 1 aromatic carbocycles. The molecule has 0 saturated carbocycles. The maximum Gasteiger partial charge on any atom is 0.253 e.